The van der Waals surface area contributed by atoms with E-state index in [9.17, 15) is 0 Å². The lowest BCUT2D eigenvalue weighted by Crippen LogP contribution is -2.39. The molecule has 152 valence electrons. The predicted octanol–water partition coefficient (Wildman–Crippen LogP) is 2.89. The number of nitrogens with one attached hydrogen (secondary N) is 2. The fourth-order valence-corrected chi connectivity index (χ4v) is 2.59. The van der Waals surface area contributed by atoms with E-state index in [0.29, 0.717) is 26.4 Å². The van der Waals surface area contributed by atoms with E-state index in [1.54, 1.807) is 7.11 Å². The van der Waals surface area contributed by atoms with Crippen molar-refractivity contribution in [2.75, 3.05) is 46.6 Å². The standard InChI is InChI=1S/C21H35N3O3/c1-4-22-21(23-10-13-26-16-18-7-8-18)24-15-19-9-6-17(2)14-20(19)27-12-5-11-25-3/h6,9,14,18H,4-5,7-8,10-13,15-16H2,1-3H3,(H2,22,23,24). The quantitative estimate of drug-likeness (QED) is 0.314. The minimum Gasteiger partial charge on any atom is -0.493 e. The first kappa shape index (κ1) is 21.5. The van der Waals surface area contributed by atoms with Crippen LogP contribution in [-0.2, 0) is 16.0 Å². The van der Waals surface area contributed by atoms with Gasteiger partial charge in [-0.15, -0.1) is 0 Å². The highest BCUT2D eigenvalue weighted by Gasteiger charge is 2.20. The zero-order chi connectivity index (χ0) is 19.3. The average Bonchev–Trinajstić information content (AvgIpc) is 3.48. The second-order valence-corrected chi connectivity index (χ2v) is 6.95. The molecule has 1 aliphatic carbocycles. The van der Waals surface area contributed by atoms with Crippen LogP contribution in [0.2, 0.25) is 0 Å². The summed E-state index contributed by atoms with van der Waals surface area (Å²) in [5, 5.41) is 6.61. The number of rotatable bonds is 13. The number of hydrogen-bond acceptors (Lipinski definition) is 4. The first-order valence-corrected chi connectivity index (χ1v) is 10.0. The normalized spacial score (nSPS) is 14.3. The van der Waals surface area contributed by atoms with Crippen molar-refractivity contribution in [3.05, 3.63) is 29.3 Å². The van der Waals surface area contributed by atoms with Crippen molar-refractivity contribution in [3.63, 3.8) is 0 Å². The van der Waals surface area contributed by atoms with E-state index >= 15 is 0 Å². The average molecular weight is 378 g/mol. The van der Waals surface area contributed by atoms with Gasteiger partial charge in [0.2, 0.25) is 0 Å². The van der Waals surface area contributed by atoms with Crippen molar-refractivity contribution in [1.29, 1.82) is 0 Å². The van der Waals surface area contributed by atoms with Crippen molar-refractivity contribution in [2.24, 2.45) is 10.9 Å². The molecule has 1 saturated carbocycles. The van der Waals surface area contributed by atoms with Gasteiger partial charge in [-0.1, -0.05) is 12.1 Å². The first-order chi connectivity index (χ1) is 13.2. The Morgan fingerprint density at radius 1 is 1.19 bits per heavy atom. The van der Waals surface area contributed by atoms with Gasteiger partial charge >= 0.3 is 0 Å². The summed E-state index contributed by atoms with van der Waals surface area (Å²) in [5.41, 5.74) is 2.27. The number of aliphatic imine (C=N–C) groups is 1. The lowest BCUT2D eigenvalue weighted by atomic mass is 10.1. The van der Waals surface area contributed by atoms with E-state index < -0.39 is 0 Å². The summed E-state index contributed by atoms with van der Waals surface area (Å²) in [6.07, 6.45) is 3.52. The zero-order valence-corrected chi connectivity index (χ0v) is 17.1. The third kappa shape index (κ3) is 9.11. The molecule has 0 aromatic heterocycles. The number of guanidine groups is 1. The number of hydrogen-bond donors (Lipinski definition) is 2. The molecule has 0 heterocycles. The summed E-state index contributed by atoms with van der Waals surface area (Å²) in [5.74, 6) is 2.51. The first-order valence-electron chi connectivity index (χ1n) is 10.0. The lowest BCUT2D eigenvalue weighted by molar-refractivity contribution is 0.129. The van der Waals surface area contributed by atoms with Crippen molar-refractivity contribution in [1.82, 2.24) is 10.6 Å². The molecule has 0 radical (unpaired) electrons. The highest BCUT2D eigenvalue weighted by Crippen LogP contribution is 2.28. The van der Waals surface area contributed by atoms with Crippen LogP contribution >= 0.6 is 0 Å². The highest BCUT2D eigenvalue weighted by molar-refractivity contribution is 5.79. The molecule has 0 bridgehead atoms. The van der Waals surface area contributed by atoms with E-state index in [0.717, 1.165) is 49.3 Å². The Balaban J connectivity index is 1.84. The Kier molecular flexibility index (Phi) is 10.0. The summed E-state index contributed by atoms with van der Waals surface area (Å²) >= 11 is 0. The van der Waals surface area contributed by atoms with E-state index in [4.69, 9.17) is 19.2 Å². The van der Waals surface area contributed by atoms with E-state index in [1.165, 1.54) is 18.4 Å². The van der Waals surface area contributed by atoms with Crippen molar-refractivity contribution in [2.45, 2.75) is 39.7 Å². The monoisotopic (exact) mass is 377 g/mol. The molecule has 0 atom stereocenters. The van der Waals surface area contributed by atoms with Crippen molar-refractivity contribution < 1.29 is 14.2 Å². The molecule has 1 aromatic rings. The molecule has 0 saturated heterocycles. The molecule has 6 heteroatoms. The van der Waals surface area contributed by atoms with Crippen LogP contribution < -0.4 is 15.4 Å². The minimum atomic E-state index is 0.568. The van der Waals surface area contributed by atoms with Crippen LogP contribution in [0.15, 0.2) is 23.2 Å². The number of nitrogens with zero attached hydrogens (tertiary/aromatic N) is 1. The van der Waals surface area contributed by atoms with Gasteiger partial charge in [0, 0.05) is 45.4 Å². The molecule has 0 unspecified atom stereocenters. The van der Waals surface area contributed by atoms with Crippen molar-refractivity contribution >= 4 is 5.96 Å². The maximum Gasteiger partial charge on any atom is 0.191 e. The Labute approximate surface area is 163 Å². The molecule has 1 fully saturated rings. The fraction of sp³-hybridized carbons (Fsp3) is 0.667. The molecule has 0 amide bonds. The molecule has 1 aromatic carbocycles. The Hall–Kier alpha value is -1.79. The minimum absolute atomic E-state index is 0.568. The van der Waals surface area contributed by atoms with Gasteiger partial charge in [-0.25, -0.2) is 4.99 Å². The van der Waals surface area contributed by atoms with Crippen LogP contribution in [0.5, 0.6) is 5.75 Å². The van der Waals surface area contributed by atoms with Gasteiger partial charge in [-0.2, -0.15) is 0 Å². The van der Waals surface area contributed by atoms with Gasteiger partial charge in [-0.05, 0) is 44.2 Å². The third-order valence-electron chi connectivity index (χ3n) is 4.31. The largest absolute Gasteiger partial charge is 0.493 e. The molecule has 0 spiro atoms. The topological polar surface area (TPSA) is 64.1 Å². The summed E-state index contributed by atoms with van der Waals surface area (Å²) < 4.78 is 16.7. The van der Waals surface area contributed by atoms with Crippen LogP contribution in [0.3, 0.4) is 0 Å². The fourth-order valence-electron chi connectivity index (χ4n) is 2.59. The summed E-state index contributed by atoms with van der Waals surface area (Å²) in [6, 6.07) is 6.26. The van der Waals surface area contributed by atoms with Crippen LogP contribution in [0.25, 0.3) is 0 Å². The van der Waals surface area contributed by atoms with Crippen LogP contribution in [0.1, 0.15) is 37.3 Å². The summed E-state index contributed by atoms with van der Waals surface area (Å²) in [6.45, 7) is 9.23. The Morgan fingerprint density at radius 2 is 2.04 bits per heavy atom. The zero-order valence-electron chi connectivity index (χ0n) is 17.1. The molecule has 6 nitrogen and oxygen atoms in total. The maximum atomic E-state index is 5.94. The molecule has 2 N–H and O–H groups in total. The predicted molar refractivity (Wildman–Crippen MR) is 110 cm³/mol. The van der Waals surface area contributed by atoms with Crippen LogP contribution in [-0.4, -0.2) is 52.6 Å². The second kappa shape index (κ2) is 12.6. The molecule has 2 rings (SSSR count). The SMILES string of the molecule is CCNC(=NCc1ccc(C)cc1OCCCOC)NCCOCC1CC1. The van der Waals surface area contributed by atoms with Gasteiger partial charge in [0.05, 0.1) is 19.8 Å². The second-order valence-electron chi connectivity index (χ2n) is 6.95. The van der Waals surface area contributed by atoms with Gasteiger partial charge in [0.15, 0.2) is 5.96 Å². The van der Waals surface area contributed by atoms with Gasteiger partial charge < -0.3 is 24.8 Å². The van der Waals surface area contributed by atoms with Gasteiger partial charge in [0.1, 0.15) is 5.75 Å². The number of ether oxygens (including phenoxy) is 3. The third-order valence-corrected chi connectivity index (χ3v) is 4.31. The maximum absolute atomic E-state index is 5.94. The number of aryl methyl sites for hydroxylation is 1. The van der Waals surface area contributed by atoms with Gasteiger partial charge in [0.25, 0.3) is 0 Å². The van der Waals surface area contributed by atoms with Crippen molar-refractivity contribution in [3.8, 4) is 5.75 Å². The van der Waals surface area contributed by atoms with E-state index in [-0.39, 0.29) is 0 Å². The van der Waals surface area contributed by atoms with Crippen LogP contribution in [0, 0.1) is 12.8 Å². The Bertz CT molecular complexity index is 574. The smallest absolute Gasteiger partial charge is 0.191 e. The van der Waals surface area contributed by atoms with E-state index in [1.807, 2.05) is 0 Å². The molecule has 0 aliphatic heterocycles. The summed E-state index contributed by atoms with van der Waals surface area (Å²) in [4.78, 5) is 4.70. The Morgan fingerprint density at radius 3 is 2.78 bits per heavy atom. The van der Waals surface area contributed by atoms with Crippen LogP contribution in [0.4, 0.5) is 0 Å². The molecule has 27 heavy (non-hydrogen) atoms. The lowest BCUT2D eigenvalue weighted by Gasteiger charge is -2.14. The number of methoxy groups -OCH3 is 1. The summed E-state index contributed by atoms with van der Waals surface area (Å²) in [7, 11) is 1.71. The van der Waals surface area contributed by atoms with E-state index in [2.05, 4.69) is 42.7 Å². The highest BCUT2D eigenvalue weighted by atomic mass is 16.5. The molecule has 1 aliphatic rings. The molecular formula is C21H35N3O3. The number of benzene rings is 1. The van der Waals surface area contributed by atoms with Gasteiger partial charge in [-0.3, -0.25) is 0 Å². The molecular weight excluding hydrogens is 342 g/mol.